The van der Waals surface area contributed by atoms with Gasteiger partial charge in [-0.15, -0.1) is 0 Å². The molecule has 7 heteroatoms. The van der Waals surface area contributed by atoms with Crippen LogP contribution in [-0.4, -0.2) is 53.4 Å². The zero-order chi connectivity index (χ0) is 18.6. The van der Waals surface area contributed by atoms with E-state index in [9.17, 15) is 4.79 Å². The van der Waals surface area contributed by atoms with Crippen LogP contribution in [0.3, 0.4) is 0 Å². The molecule has 1 aromatic carbocycles. The number of piperidine rings is 1. The Balaban J connectivity index is 1.39. The van der Waals surface area contributed by atoms with E-state index in [1.54, 1.807) is 18.5 Å². The molecule has 0 radical (unpaired) electrons. The van der Waals surface area contributed by atoms with Crippen LogP contribution in [0.5, 0.6) is 0 Å². The molecule has 0 saturated carbocycles. The van der Waals surface area contributed by atoms with Crippen molar-refractivity contribution in [2.24, 2.45) is 5.92 Å². The number of anilines is 2. The van der Waals surface area contributed by atoms with Gasteiger partial charge in [-0.05, 0) is 37.1 Å². The van der Waals surface area contributed by atoms with Gasteiger partial charge >= 0.3 is 0 Å². The normalized spacial score (nSPS) is 18.6. The molecule has 2 saturated heterocycles. The van der Waals surface area contributed by atoms with Crippen molar-refractivity contribution in [1.82, 2.24) is 9.97 Å². The molecule has 0 aliphatic carbocycles. The Bertz CT molecular complexity index is 787. The molecule has 3 heterocycles. The largest absolute Gasteiger partial charge is 0.356 e. The van der Waals surface area contributed by atoms with Gasteiger partial charge in [-0.2, -0.15) is 11.8 Å². The minimum Gasteiger partial charge on any atom is -0.356 e. The lowest BCUT2D eigenvalue weighted by molar-refractivity contribution is 0.0900. The molecule has 0 atom stereocenters. The highest BCUT2D eigenvalue weighted by molar-refractivity contribution is 7.99. The van der Waals surface area contributed by atoms with Crippen molar-refractivity contribution >= 4 is 40.8 Å². The van der Waals surface area contributed by atoms with Crippen LogP contribution >= 0.6 is 23.4 Å². The first-order valence-electron chi connectivity index (χ1n) is 9.40. The second kappa shape index (κ2) is 8.48. The number of benzene rings is 1. The quantitative estimate of drug-likeness (QED) is 0.725. The van der Waals surface area contributed by atoms with E-state index in [1.807, 2.05) is 23.9 Å². The van der Waals surface area contributed by atoms with Gasteiger partial charge in [0.2, 0.25) is 0 Å². The van der Waals surface area contributed by atoms with Gasteiger partial charge in [-0.25, -0.2) is 9.97 Å². The lowest BCUT2D eigenvalue weighted by Crippen LogP contribution is -2.37. The van der Waals surface area contributed by atoms with E-state index in [1.165, 1.54) is 0 Å². The summed E-state index contributed by atoms with van der Waals surface area (Å²) < 4.78 is 0. The molecule has 2 aliphatic heterocycles. The maximum atomic E-state index is 12.7. The Morgan fingerprint density at radius 3 is 2.19 bits per heavy atom. The molecule has 0 spiro atoms. The summed E-state index contributed by atoms with van der Waals surface area (Å²) in [7, 11) is 0. The van der Waals surface area contributed by atoms with Crippen LogP contribution in [0.2, 0.25) is 5.02 Å². The zero-order valence-corrected chi connectivity index (χ0v) is 16.8. The van der Waals surface area contributed by atoms with Gasteiger partial charge in [-0.1, -0.05) is 11.6 Å². The maximum Gasteiger partial charge on any atom is 0.166 e. The first-order chi connectivity index (χ1) is 13.2. The van der Waals surface area contributed by atoms with Gasteiger partial charge in [0.25, 0.3) is 0 Å². The molecule has 27 heavy (non-hydrogen) atoms. The number of hydrogen-bond acceptors (Lipinski definition) is 6. The van der Waals surface area contributed by atoms with E-state index in [4.69, 9.17) is 11.6 Å². The Morgan fingerprint density at radius 1 is 0.963 bits per heavy atom. The number of thioether (sulfide) groups is 1. The van der Waals surface area contributed by atoms with E-state index < -0.39 is 0 Å². The summed E-state index contributed by atoms with van der Waals surface area (Å²) in [5.74, 6) is 4.58. The number of halogens is 1. The van der Waals surface area contributed by atoms with E-state index in [2.05, 4.69) is 25.8 Å². The molecular formula is C20H23ClN4OS. The van der Waals surface area contributed by atoms with E-state index in [-0.39, 0.29) is 11.7 Å². The van der Waals surface area contributed by atoms with Crippen LogP contribution in [0.1, 0.15) is 23.2 Å². The highest BCUT2D eigenvalue weighted by Gasteiger charge is 2.27. The second-order valence-electron chi connectivity index (χ2n) is 6.97. The smallest absolute Gasteiger partial charge is 0.166 e. The summed E-state index contributed by atoms with van der Waals surface area (Å²) in [6.07, 6.45) is 3.36. The number of rotatable bonds is 4. The van der Waals surface area contributed by atoms with Crippen molar-refractivity contribution in [2.45, 2.75) is 12.8 Å². The lowest BCUT2D eigenvalue weighted by atomic mass is 9.89. The number of ketones is 1. The van der Waals surface area contributed by atoms with Crippen molar-refractivity contribution < 1.29 is 4.79 Å². The van der Waals surface area contributed by atoms with Crippen LogP contribution in [0.4, 0.5) is 11.6 Å². The third-order valence-corrected chi connectivity index (χ3v) is 6.49. The molecule has 0 bridgehead atoms. The third-order valence-electron chi connectivity index (χ3n) is 5.29. The minimum absolute atomic E-state index is 0.0721. The average Bonchev–Trinajstić information content (AvgIpc) is 2.75. The lowest BCUT2D eigenvalue weighted by Gasteiger charge is -2.33. The second-order valence-corrected chi connectivity index (χ2v) is 8.63. The van der Waals surface area contributed by atoms with Crippen LogP contribution in [0.15, 0.2) is 36.7 Å². The SMILES string of the molecule is O=C(c1ccc(Cl)cc1)C1CCN(c2cc(N3CCSCC3)ncn2)CC1. The Kier molecular flexibility index (Phi) is 5.83. The number of nitrogens with zero attached hydrogens (tertiary/aromatic N) is 4. The van der Waals surface area contributed by atoms with Crippen molar-refractivity contribution in [1.29, 1.82) is 0 Å². The standard InChI is InChI=1S/C20H23ClN4OS/c21-17-3-1-15(2-4-17)20(26)16-5-7-24(8-6-16)18-13-19(23-14-22-18)25-9-11-27-12-10-25/h1-4,13-14,16H,5-12H2. The molecule has 1 aromatic heterocycles. The third kappa shape index (κ3) is 4.38. The monoisotopic (exact) mass is 402 g/mol. The molecule has 0 unspecified atom stereocenters. The Morgan fingerprint density at radius 2 is 1.56 bits per heavy atom. The molecule has 2 aliphatic rings. The zero-order valence-electron chi connectivity index (χ0n) is 15.2. The van der Waals surface area contributed by atoms with Gasteiger partial charge < -0.3 is 9.80 Å². The van der Waals surface area contributed by atoms with Crippen molar-refractivity contribution in [3.05, 3.63) is 47.2 Å². The molecule has 142 valence electrons. The summed E-state index contributed by atoms with van der Waals surface area (Å²) in [6, 6.07) is 9.31. The maximum absolute atomic E-state index is 12.7. The van der Waals surface area contributed by atoms with E-state index in [0.717, 1.165) is 67.7 Å². The van der Waals surface area contributed by atoms with Crippen molar-refractivity contribution in [3.63, 3.8) is 0 Å². The molecule has 0 amide bonds. The number of aromatic nitrogens is 2. The Labute approximate surface area is 169 Å². The number of hydrogen-bond donors (Lipinski definition) is 0. The van der Waals surface area contributed by atoms with Crippen LogP contribution in [0.25, 0.3) is 0 Å². The number of carbonyl (C=O) groups is 1. The predicted molar refractivity (Wildman–Crippen MR) is 112 cm³/mol. The van der Waals surface area contributed by atoms with Gasteiger partial charge in [0.1, 0.15) is 18.0 Å². The van der Waals surface area contributed by atoms with Gasteiger partial charge in [0.05, 0.1) is 0 Å². The summed E-state index contributed by atoms with van der Waals surface area (Å²) in [5, 5.41) is 0.660. The number of Topliss-reactive ketones (excluding diaryl/α,β-unsaturated/α-hetero) is 1. The molecule has 2 fully saturated rings. The summed E-state index contributed by atoms with van der Waals surface area (Å²) >= 11 is 7.92. The highest BCUT2D eigenvalue weighted by Crippen LogP contribution is 2.27. The fourth-order valence-corrected chi connectivity index (χ4v) is 4.73. The van der Waals surface area contributed by atoms with Gasteiger partial charge in [0.15, 0.2) is 5.78 Å². The molecule has 2 aromatic rings. The minimum atomic E-state index is 0.0721. The highest BCUT2D eigenvalue weighted by atomic mass is 35.5. The van der Waals surface area contributed by atoms with Crippen LogP contribution in [-0.2, 0) is 0 Å². The fraction of sp³-hybridized carbons (Fsp3) is 0.450. The summed E-state index contributed by atoms with van der Waals surface area (Å²) in [4.78, 5) is 26.3. The molecule has 5 nitrogen and oxygen atoms in total. The van der Waals surface area contributed by atoms with E-state index in [0.29, 0.717) is 5.02 Å². The summed E-state index contributed by atoms with van der Waals surface area (Å²) in [5.41, 5.74) is 0.755. The van der Waals surface area contributed by atoms with Crippen molar-refractivity contribution in [2.75, 3.05) is 47.5 Å². The predicted octanol–water partition coefficient (Wildman–Crippen LogP) is 3.78. The van der Waals surface area contributed by atoms with Crippen LogP contribution in [0, 0.1) is 5.92 Å². The molecular weight excluding hydrogens is 380 g/mol. The van der Waals surface area contributed by atoms with Crippen LogP contribution < -0.4 is 9.80 Å². The first-order valence-corrected chi connectivity index (χ1v) is 10.9. The topological polar surface area (TPSA) is 49.3 Å². The van der Waals surface area contributed by atoms with E-state index >= 15 is 0 Å². The van der Waals surface area contributed by atoms with Gasteiger partial charge in [-0.3, -0.25) is 4.79 Å². The molecule has 0 N–H and O–H groups in total. The van der Waals surface area contributed by atoms with Crippen molar-refractivity contribution in [3.8, 4) is 0 Å². The molecule has 4 rings (SSSR count). The summed E-state index contributed by atoms with van der Waals surface area (Å²) in [6.45, 7) is 3.77. The average molecular weight is 403 g/mol. The fourth-order valence-electron chi connectivity index (χ4n) is 3.70. The van der Waals surface area contributed by atoms with Gasteiger partial charge in [0, 0.05) is 60.3 Å². The first kappa shape index (κ1) is 18.6. The number of carbonyl (C=O) groups excluding carboxylic acids is 1. The Hall–Kier alpha value is -1.79.